The third kappa shape index (κ3) is 1.74. The van der Waals surface area contributed by atoms with Crippen LogP contribution in [0.4, 0.5) is 0 Å². The predicted molar refractivity (Wildman–Crippen MR) is 55.0 cm³/mol. The fraction of sp³-hybridized carbons (Fsp3) is 0.800. The number of carbonyl (C=O) groups is 1. The van der Waals surface area contributed by atoms with Crippen molar-refractivity contribution in [2.24, 2.45) is 10.9 Å². The molecule has 0 aromatic rings. The van der Waals surface area contributed by atoms with E-state index in [1.165, 1.54) is 12.8 Å². The summed E-state index contributed by atoms with van der Waals surface area (Å²) in [6, 6.07) is 0. The quantitative estimate of drug-likeness (QED) is 0.694. The Morgan fingerprint density at radius 2 is 2.29 bits per heavy atom. The van der Waals surface area contributed by atoms with Crippen LogP contribution in [0.3, 0.4) is 0 Å². The smallest absolute Gasteiger partial charge is 0.252 e. The van der Waals surface area contributed by atoms with E-state index in [0.29, 0.717) is 12.5 Å². The van der Waals surface area contributed by atoms with Crippen molar-refractivity contribution in [3.05, 3.63) is 0 Å². The van der Waals surface area contributed by atoms with Crippen molar-refractivity contribution in [1.82, 2.24) is 10.6 Å². The number of hydrogen-bond acceptors (Lipinski definition) is 2. The van der Waals surface area contributed by atoms with Crippen LogP contribution in [0, 0.1) is 5.92 Å². The second-order valence-corrected chi connectivity index (χ2v) is 4.38. The van der Waals surface area contributed by atoms with Gasteiger partial charge in [0.2, 0.25) is 0 Å². The number of rotatable bonds is 3. The van der Waals surface area contributed by atoms with E-state index < -0.39 is 5.54 Å². The van der Waals surface area contributed by atoms with Crippen LogP contribution in [-0.4, -0.2) is 24.0 Å². The molecule has 1 aliphatic carbocycles. The van der Waals surface area contributed by atoms with E-state index in [-0.39, 0.29) is 5.91 Å². The van der Waals surface area contributed by atoms with Gasteiger partial charge in [0, 0.05) is 6.54 Å². The van der Waals surface area contributed by atoms with Crippen molar-refractivity contribution in [2.75, 3.05) is 6.54 Å². The van der Waals surface area contributed by atoms with Gasteiger partial charge in [-0.1, -0.05) is 12.8 Å². The number of nitrogens with one attached hydrogen (secondary N) is 2. The van der Waals surface area contributed by atoms with Crippen LogP contribution in [0.25, 0.3) is 0 Å². The molecule has 1 saturated carbocycles. The predicted octanol–water partition coefficient (Wildman–Crippen LogP) is 0.640. The zero-order chi connectivity index (χ0) is 10.2. The van der Waals surface area contributed by atoms with Gasteiger partial charge >= 0.3 is 0 Å². The Hall–Kier alpha value is -1.06. The second-order valence-electron chi connectivity index (χ2n) is 4.38. The van der Waals surface area contributed by atoms with Crippen LogP contribution in [-0.2, 0) is 4.79 Å². The average Bonchev–Trinajstić information content (AvgIpc) is 2.83. The molecule has 4 nitrogen and oxygen atoms in total. The Kier molecular flexibility index (Phi) is 2.21. The minimum Gasteiger partial charge on any atom is -0.342 e. The number of guanidine groups is 1. The maximum absolute atomic E-state index is 11.7. The Morgan fingerprint density at radius 3 is 2.86 bits per heavy atom. The molecular weight excluding hydrogens is 178 g/mol. The monoisotopic (exact) mass is 195 g/mol. The first kappa shape index (κ1) is 9.49. The fourth-order valence-electron chi connectivity index (χ4n) is 1.88. The summed E-state index contributed by atoms with van der Waals surface area (Å²) in [5.74, 6) is 1.44. The molecule has 0 bridgehead atoms. The first-order valence-electron chi connectivity index (χ1n) is 5.28. The molecule has 0 spiro atoms. The maximum Gasteiger partial charge on any atom is 0.252 e. The highest BCUT2D eigenvalue weighted by atomic mass is 16.2. The van der Waals surface area contributed by atoms with Gasteiger partial charge in [-0.3, -0.25) is 15.1 Å². The number of hydrogen-bond donors (Lipinski definition) is 2. The van der Waals surface area contributed by atoms with Crippen LogP contribution < -0.4 is 10.6 Å². The number of carbonyl (C=O) groups excluding carboxylic acids is 1. The fourth-order valence-corrected chi connectivity index (χ4v) is 1.88. The molecule has 1 aliphatic heterocycles. The van der Waals surface area contributed by atoms with Crippen molar-refractivity contribution in [3.8, 4) is 0 Å². The molecule has 1 heterocycles. The summed E-state index contributed by atoms with van der Waals surface area (Å²) in [6.45, 7) is 4.61. The van der Waals surface area contributed by atoms with Crippen molar-refractivity contribution >= 4 is 11.9 Å². The van der Waals surface area contributed by atoms with Crippen molar-refractivity contribution in [2.45, 2.75) is 38.6 Å². The zero-order valence-corrected chi connectivity index (χ0v) is 8.76. The molecule has 14 heavy (non-hydrogen) atoms. The minimum atomic E-state index is -0.421. The minimum absolute atomic E-state index is 0.0663. The average molecular weight is 195 g/mol. The van der Waals surface area contributed by atoms with E-state index in [0.717, 1.165) is 12.3 Å². The standard InChI is InChI=1S/C10H17N3O/c1-3-11-9-12-8(14)10(2,13-9)6-7-4-5-7/h7H,3-6H2,1-2H3,(H2,11,12,13,14). The highest BCUT2D eigenvalue weighted by Gasteiger charge is 2.44. The lowest BCUT2D eigenvalue weighted by atomic mass is 9.95. The van der Waals surface area contributed by atoms with Gasteiger partial charge in [0.1, 0.15) is 5.54 Å². The van der Waals surface area contributed by atoms with Gasteiger partial charge in [0.05, 0.1) is 0 Å². The summed E-state index contributed by atoms with van der Waals surface area (Å²) < 4.78 is 0. The van der Waals surface area contributed by atoms with E-state index in [1.807, 2.05) is 13.8 Å². The molecule has 4 heteroatoms. The first-order valence-corrected chi connectivity index (χ1v) is 5.28. The maximum atomic E-state index is 11.7. The lowest BCUT2D eigenvalue weighted by Crippen LogP contribution is -2.44. The molecule has 2 aliphatic rings. The van der Waals surface area contributed by atoms with Gasteiger partial charge in [0.25, 0.3) is 5.91 Å². The Balaban J connectivity index is 2.04. The van der Waals surface area contributed by atoms with Crippen LogP contribution in [0.2, 0.25) is 0 Å². The van der Waals surface area contributed by atoms with Crippen molar-refractivity contribution in [1.29, 1.82) is 0 Å². The largest absolute Gasteiger partial charge is 0.342 e. The molecule has 2 fully saturated rings. The van der Waals surface area contributed by atoms with Crippen molar-refractivity contribution < 1.29 is 4.79 Å². The molecule has 2 N–H and O–H groups in total. The summed E-state index contributed by atoms with van der Waals surface area (Å²) in [7, 11) is 0. The van der Waals surface area contributed by atoms with Crippen LogP contribution in [0.1, 0.15) is 33.1 Å². The Bertz CT molecular complexity index is 283. The number of aliphatic imine (C=N–C) groups is 1. The second kappa shape index (κ2) is 3.26. The van der Waals surface area contributed by atoms with Gasteiger partial charge < -0.3 is 5.32 Å². The molecule has 1 amide bonds. The number of nitrogens with zero attached hydrogens (tertiary/aromatic N) is 1. The molecule has 1 atom stereocenters. The molecule has 1 unspecified atom stereocenters. The molecule has 0 aromatic carbocycles. The van der Waals surface area contributed by atoms with E-state index in [9.17, 15) is 4.79 Å². The van der Waals surface area contributed by atoms with E-state index >= 15 is 0 Å². The van der Waals surface area contributed by atoms with Gasteiger partial charge in [-0.05, 0) is 26.2 Å². The Morgan fingerprint density at radius 1 is 1.57 bits per heavy atom. The van der Waals surface area contributed by atoms with E-state index in [4.69, 9.17) is 0 Å². The van der Waals surface area contributed by atoms with Crippen LogP contribution in [0.5, 0.6) is 0 Å². The van der Waals surface area contributed by atoms with E-state index in [1.54, 1.807) is 0 Å². The van der Waals surface area contributed by atoms with Crippen LogP contribution >= 0.6 is 0 Å². The van der Waals surface area contributed by atoms with Gasteiger partial charge in [0.15, 0.2) is 5.96 Å². The Labute approximate surface area is 84.2 Å². The summed E-state index contributed by atoms with van der Waals surface area (Å²) in [6.07, 6.45) is 3.47. The summed E-state index contributed by atoms with van der Waals surface area (Å²) >= 11 is 0. The van der Waals surface area contributed by atoms with Crippen LogP contribution in [0.15, 0.2) is 4.99 Å². The summed E-state index contributed by atoms with van der Waals surface area (Å²) in [5.41, 5.74) is -0.421. The highest BCUT2D eigenvalue weighted by Crippen LogP contribution is 2.37. The SMILES string of the molecule is CCN=C1NC(=O)C(C)(CC2CC2)N1. The zero-order valence-electron chi connectivity index (χ0n) is 8.76. The van der Waals surface area contributed by atoms with Gasteiger partial charge in [-0.2, -0.15) is 0 Å². The lowest BCUT2D eigenvalue weighted by molar-refractivity contribution is -0.123. The lowest BCUT2D eigenvalue weighted by Gasteiger charge is -2.20. The third-order valence-corrected chi connectivity index (χ3v) is 2.84. The third-order valence-electron chi connectivity index (χ3n) is 2.84. The molecule has 1 saturated heterocycles. The van der Waals surface area contributed by atoms with Gasteiger partial charge in [-0.15, -0.1) is 0 Å². The number of amides is 1. The van der Waals surface area contributed by atoms with E-state index in [2.05, 4.69) is 15.6 Å². The molecule has 2 rings (SSSR count). The first-order chi connectivity index (χ1) is 6.64. The summed E-state index contributed by atoms with van der Waals surface area (Å²) in [5, 5.41) is 5.96. The normalized spacial score (nSPS) is 34.4. The molecule has 0 radical (unpaired) electrons. The summed E-state index contributed by atoms with van der Waals surface area (Å²) in [4.78, 5) is 15.9. The molecule has 78 valence electrons. The van der Waals surface area contributed by atoms with Crippen molar-refractivity contribution in [3.63, 3.8) is 0 Å². The van der Waals surface area contributed by atoms with Gasteiger partial charge in [-0.25, -0.2) is 0 Å². The highest BCUT2D eigenvalue weighted by molar-refractivity contribution is 6.08. The molecule has 0 aromatic heterocycles. The molecular formula is C10H17N3O. The topological polar surface area (TPSA) is 53.5 Å².